The van der Waals surface area contributed by atoms with E-state index in [0.717, 1.165) is 16.7 Å². The first-order valence-corrected chi connectivity index (χ1v) is 6.94. The molecule has 2 aromatic heterocycles. The Morgan fingerprint density at radius 1 is 1.09 bits per heavy atom. The van der Waals surface area contributed by atoms with Gasteiger partial charge in [-0.15, -0.1) is 0 Å². The quantitative estimate of drug-likeness (QED) is 0.800. The van der Waals surface area contributed by atoms with E-state index in [0.29, 0.717) is 5.69 Å². The molecule has 1 aromatic carbocycles. The monoisotopic (exact) mass is 292 g/mol. The molecule has 0 aliphatic rings. The first kappa shape index (κ1) is 14.0. The number of rotatable bonds is 4. The van der Waals surface area contributed by atoms with E-state index in [2.05, 4.69) is 10.1 Å². The second-order valence-electron chi connectivity index (χ2n) is 5.12. The van der Waals surface area contributed by atoms with E-state index in [9.17, 15) is 4.79 Å². The lowest BCUT2D eigenvalue weighted by atomic mass is 9.94. The van der Waals surface area contributed by atoms with E-state index in [1.807, 2.05) is 55.7 Å². The van der Waals surface area contributed by atoms with Crippen LogP contribution in [0.3, 0.4) is 0 Å². The number of aromatic nitrogens is 3. The van der Waals surface area contributed by atoms with Crippen molar-refractivity contribution in [2.24, 2.45) is 12.8 Å². The van der Waals surface area contributed by atoms with Gasteiger partial charge in [-0.2, -0.15) is 5.10 Å². The smallest absolute Gasteiger partial charge is 0.231 e. The molecule has 0 saturated heterocycles. The molecule has 1 unspecified atom stereocenters. The van der Waals surface area contributed by atoms with Crippen LogP contribution >= 0.6 is 0 Å². The first-order valence-electron chi connectivity index (χ1n) is 6.94. The van der Waals surface area contributed by atoms with Gasteiger partial charge in [0.2, 0.25) is 5.91 Å². The molecule has 3 aromatic rings. The lowest BCUT2D eigenvalue weighted by molar-refractivity contribution is -0.118. The second-order valence-corrected chi connectivity index (χ2v) is 5.12. The average Bonchev–Trinajstić information content (AvgIpc) is 2.95. The molecule has 0 radical (unpaired) electrons. The van der Waals surface area contributed by atoms with Gasteiger partial charge in [-0.3, -0.25) is 14.5 Å². The number of nitrogens with two attached hydrogens (primary N) is 1. The minimum Gasteiger partial charge on any atom is -0.369 e. The average molecular weight is 292 g/mol. The highest BCUT2D eigenvalue weighted by Gasteiger charge is 2.21. The van der Waals surface area contributed by atoms with Crippen LogP contribution in [-0.2, 0) is 11.8 Å². The summed E-state index contributed by atoms with van der Waals surface area (Å²) in [7, 11) is 1.86. The summed E-state index contributed by atoms with van der Waals surface area (Å²) in [4.78, 5) is 16.3. The maximum absolute atomic E-state index is 11.8. The topological polar surface area (TPSA) is 73.8 Å². The van der Waals surface area contributed by atoms with Gasteiger partial charge in [-0.1, -0.05) is 36.4 Å². The van der Waals surface area contributed by atoms with Gasteiger partial charge in [0.25, 0.3) is 0 Å². The van der Waals surface area contributed by atoms with Crippen molar-refractivity contribution in [3.63, 3.8) is 0 Å². The predicted molar refractivity (Wildman–Crippen MR) is 83.9 cm³/mol. The fourth-order valence-electron chi connectivity index (χ4n) is 2.44. The molecule has 22 heavy (non-hydrogen) atoms. The van der Waals surface area contributed by atoms with Crippen molar-refractivity contribution in [3.05, 3.63) is 72.3 Å². The molecule has 0 saturated carbocycles. The van der Waals surface area contributed by atoms with Crippen LogP contribution in [0.1, 0.15) is 17.2 Å². The van der Waals surface area contributed by atoms with Crippen LogP contribution in [0.15, 0.2) is 61.1 Å². The minimum absolute atomic E-state index is 0.409. The van der Waals surface area contributed by atoms with Gasteiger partial charge in [0.1, 0.15) is 5.92 Å². The van der Waals surface area contributed by atoms with E-state index in [4.69, 9.17) is 5.73 Å². The van der Waals surface area contributed by atoms with Crippen molar-refractivity contribution >= 4 is 5.91 Å². The number of pyridine rings is 1. The van der Waals surface area contributed by atoms with Gasteiger partial charge in [-0.25, -0.2) is 0 Å². The fourth-order valence-corrected chi connectivity index (χ4v) is 2.44. The van der Waals surface area contributed by atoms with Crippen molar-refractivity contribution in [1.29, 1.82) is 0 Å². The summed E-state index contributed by atoms with van der Waals surface area (Å²) in [6.45, 7) is 0. The molecule has 0 aliphatic heterocycles. The van der Waals surface area contributed by atoms with Gasteiger partial charge in [0, 0.05) is 30.6 Å². The molecule has 3 rings (SSSR count). The molecular weight excluding hydrogens is 276 g/mol. The number of hydrogen-bond donors (Lipinski definition) is 1. The number of amides is 1. The molecular formula is C17H16N4O. The van der Waals surface area contributed by atoms with Gasteiger partial charge in [-0.05, 0) is 11.6 Å². The third-order valence-corrected chi connectivity index (χ3v) is 3.54. The summed E-state index contributed by atoms with van der Waals surface area (Å²) in [6, 6.07) is 13.2. The predicted octanol–water partition coefficient (Wildman–Crippen LogP) is 2.10. The lowest BCUT2D eigenvalue weighted by Gasteiger charge is -2.13. The van der Waals surface area contributed by atoms with Gasteiger partial charge in [0.05, 0.1) is 11.9 Å². The summed E-state index contributed by atoms with van der Waals surface area (Å²) in [5.74, 6) is -0.947. The van der Waals surface area contributed by atoms with Crippen LogP contribution in [-0.4, -0.2) is 20.7 Å². The zero-order valence-corrected chi connectivity index (χ0v) is 12.2. The molecule has 0 spiro atoms. The number of hydrogen-bond acceptors (Lipinski definition) is 3. The summed E-state index contributed by atoms with van der Waals surface area (Å²) in [5, 5.41) is 4.14. The molecule has 2 heterocycles. The zero-order chi connectivity index (χ0) is 15.5. The van der Waals surface area contributed by atoms with Crippen molar-refractivity contribution < 1.29 is 4.79 Å². The number of aryl methyl sites for hydroxylation is 1. The summed E-state index contributed by atoms with van der Waals surface area (Å²) in [5.41, 5.74) is 8.99. The van der Waals surface area contributed by atoms with Crippen LogP contribution in [0, 0.1) is 0 Å². The molecule has 110 valence electrons. The highest BCUT2D eigenvalue weighted by molar-refractivity contribution is 5.85. The molecule has 0 fully saturated rings. The van der Waals surface area contributed by atoms with Gasteiger partial charge >= 0.3 is 0 Å². The van der Waals surface area contributed by atoms with Crippen LogP contribution in [0.2, 0.25) is 0 Å². The van der Waals surface area contributed by atoms with Crippen molar-refractivity contribution in [2.45, 2.75) is 5.92 Å². The number of primary amides is 1. The Kier molecular flexibility index (Phi) is 3.70. The van der Waals surface area contributed by atoms with Crippen LogP contribution in [0.4, 0.5) is 0 Å². The highest BCUT2D eigenvalue weighted by atomic mass is 16.1. The summed E-state index contributed by atoms with van der Waals surface area (Å²) in [6.07, 6.45) is 5.43. The molecule has 1 atom stereocenters. The van der Waals surface area contributed by atoms with Gasteiger partial charge < -0.3 is 5.73 Å². The van der Waals surface area contributed by atoms with Crippen LogP contribution in [0.25, 0.3) is 11.1 Å². The largest absolute Gasteiger partial charge is 0.369 e. The Morgan fingerprint density at radius 3 is 2.41 bits per heavy atom. The Hall–Kier alpha value is -2.95. The fraction of sp³-hybridized carbons (Fsp3) is 0.118. The maximum atomic E-state index is 11.8. The van der Waals surface area contributed by atoms with Crippen LogP contribution in [0.5, 0.6) is 0 Å². The van der Waals surface area contributed by atoms with Crippen molar-refractivity contribution in [3.8, 4) is 11.1 Å². The molecule has 0 aliphatic carbocycles. The summed E-state index contributed by atoms with van der Waals surface area (Å²) < 4.78 is 1.74. The lowest BCUT2D eigenvalue weighted by Crippen LogP contribution is -2.23. The number of nitrogens with zero attached hydrogens (tertiary/aromatic N) is 3. The van der Waals surface area contributed by atoms with E-state index in [1.165, 1.54) is 0 Å². The molecule has 2 N–H and O–H groups in total. The number of carbonyl (C=O) groups is 1. The Balaban J connectivity index is 1.95. The van der Waals surface area contributed by atoms with E-state index < -0.39 is 11.8 Å². The van der Waals surface area contributed by atoms with E-state index >= 15 is 0 Å². The molecule has 5 nitrogen and oxygen atoms in total. The minimum atomic E-state index is -0.538. The Morgan fingerprint density at radius 2 is 1.86 bits per heavy atom. The first-order chi connectivity index (χ1) is 10.6. The third-order valence-electron chi connectivity index (χ3n) is 3.54. The zero-order valence-electron chi connectivity index (χ0n) is 12.2. The maximum Gasteiger partial charge on any atom is 0.231 e. The molecule has 0 bridgehead atoms. The second kappa shape index (κ2) is 5.81. The molecule has 1 amide bonds. The SMILES string of the molecule is Cn1cc(-c2ccc(C(C(N)=O)c3ccccc3)nc2)cn1. The van der Waals surface area contributed by atoms with Crippen molar-refractivity contribution in [2.75, 3.05) is 0 Å². The van der Waals surface area contributed by atoms with Crippen LogP contribution < -0.4 is 5.73 Å². The third kappa shape index (κ3) is 2.74. The van der Waals surface area contributed by atoms with Crippen molar-refractivity contribution in [1.82, 2.24) is 14.8 Å². The van der Waals surface area contributed by atoms with Gasteiger partial charge in [0.15, 0.2) is 0 Å². The Labute approximate surface area is 128 Å². The number of benzene rings is 1. The normalized spacial score (nSPS) is 12.0. The summed E-state index contributed by atoms with van der Waals surface area (Å²) >= 11 is 0. The standard InChI is InChI=1S/C17H16N4O/c1-21-11-14(10-20-21)13-7-8-15(19-9-13)16(17(18)22)12-5-3-2-4-6-12/h2-11,16H,1H3,(H2,18,22). The molecule has 5 heteroatoms. The Bertz CT molecular complexity index is 778. The van der Waals surface area contributed by atoms with E-state index in [1.54, 1.807) is 17.1 Å². The number of carbonyl (C=O) groups excluding carboxylic acids is 1. The van der Waals surface area contributed by atoms with E-state index in [-0.39, 0.29) is 0 Å². The highest BCUT2D eigenvalue weighted by Crippen LogP contribution is 2.25.